The average Bonchev–Trinajstić information content (AvgIpc) is 2.27. The highest BCUT2D eigenvalue weighted by Crippen LogP contribution is 2.28. The lowest BCUT2D eigenvalue weighted by molar-refractivity contribution is 0.310. The van der Waals surface area contributed by atoms with Crippen LogP contribution in [0.4, 0.5) is 0 Å². The Labute approximate surface area is 104 Å². The second kappa shape index (κ2) is 5.92. The summed E-state index contributed by atoms with van der Waals surface area (Å²) in [4.78, 5) is 0. The van der Waals surface area contributed by atoms with Gasteiger partial charge in [-0.05, 0) is 45.4 Å². The maximum Gasteiger partial charge on any atom is 0.161 e. The van der Waals surface area contributed by atoms with Gasteiger partial charge in [0.15, 0.2) is 11.5 Å². The number of methoxy groups -OCH3 is 1. The molecule has 1 N–H and O–H groups in total. The Bertz CT molecular complexity index is 356. The van der Waals surface area contributed by atoms with Crippen LogP contribution in [-0.2, 0) is 6.54 Å². The number of hydrogen-bond donors (Lipinski definition) is 1. The van der Waals surface area contributed by atoms with Crippen LogP contribution in [0, 0.1) is 0 Å². The molecule has 0 aliphatic heterocycles. The number of benzene rings is 1. The molecule has 0 spiro atoms. The average molecular weight is 237 g/mol. The highest BCUT2D eigenvalue weighted by molar-refractivity contribution is 5.42. The number of ether oxygens (including phenoxy) is 2. The molecule has 3 nitrogen and oxygen atoms in total. The van der Waals surface area contributed by atoms with E-state index < -0.39 is 0 Å². The van der Waals surface area contributed by atoms with Crippen molar-refractivity contribution in [3.63, 3.8) is 0 Å². The Morgan fingerprint density at radius 3 is 2.41 bits per heavy atom. The maximum absolute atomic E-state index is 5.48. The fourth-order valence-corrected chi connectivity index (χ4v) is 1.46. The first-order chi connectivity index (χ1) is 7.96. The molecule has 0 radical (unpaired) electrons. The molecule has 0 saturated heterocycles. The minimum atomic E-state index is 0.117. The third-order valence-electron chi connectivity index (χ3n) is 2.35. The van der Waals surface area contributed by atoms with Crippen LogP contribution >= 0.6 is 0 Å². The van der Waals surface area contributed by atoms with Gasteiger partial charge in [-0.2, -0.15) is 0 Å². The minimum Gasteiger partial charge on any atom is -0.493 e. The van der Waals surface area contributed by atoms with E-state index >= 15 is 0 Å². The zero-order valence-corrected chi connectivity index (χ0v) is 11.5. The Hall–Kier alpha value is -1.22. The van der Waals surface area contributed by atoms with Gasteiger partial charge in [-0.15, -0.1) is 0 Å². The lowest BCUT2D eigenvalue weighted by Gasteiger charge is -2.21. The molecule has 1 rings (SSSR count). The summed E-state index contributed by atoms with van der Waals surface area (Å²) in [6, 6.07) is 6.04. The van der Waals surface area contributed by atoms with Gasteiger partial charge in [-0.3, -0.25) is 0 Å². The predicted molar refractivity (Wildman–Crippen MR) is 70.8 cm³/mol. The summed E-state index contributed by atoms with van der Waals surface area (Å²) in [7, 11) is 1.67. The van der Waals surface area contributed by atoms with Crippen molar-refractivity contribution in [1.29, 1.82) is 0 Å². The third kappa shape index (κ3) is 4.65. The van der Waals surface area contributed by atoms with E-state index in [2.05, 4.69) is 32.2 Å². The van der Waals surface area contributed by atoms with Crippen LogP contribution in [-0.4, -0.2) is 19.3 Å². The topological polar surface area (TPSA) is 30.5 Å². The highest BCUT2D eigenvalue weighted by Gasteiger charge is 2.10. The summed E-state index contributed by atoms with van der Waals surface area (Å²) in [5, 5.41) is 3.44. The van der Waals surface area contributed by atoms with Crippen LogP contribution in [0.1, 0.15) is 33.3 Å². The van der Waals surface area contributed by atoms with Gasteiger partial charge < -0.3 is 14.8 Å². The van der Waals surface area contributed by atoms with Crippen molar-refractivity contribution >= 4 is 0 Å². The van der Waals surface area contributed by atoms with Crippen molar-refractivity contribution in [2.75, 3.05) is 13.7 Å². The van der Waals surface area contributed by atoms with Crippen LogP contribution < -0.4 is 14.8 Å². The minimum absolute atomic E-state index is 0.117. The van der Waals surface area contributed by atoms with Gasteiger partial charge >= 0.3 is 0 Å². The molecule has 96 valence electrons. The van der Waals surface area contributed by atoms with Gasteiger partial charge in [0.05, 0.1) is 13.7 Å². The molecule has 0 heterocycles. The summed E-state index contributed by atoms with van der Waals surface area (Å²) >= 11 is 0. The second-order valence-corrected chi connectivity index (χ2v) is 5.02. The predicted octanol–water partition coefficient (Wildman–Crippen LogP) is 2.98. The summed E-state index contributed by atoms with van der Waals surface area (Å²) in [6.45, 7) is 9.90. The Morgan fingerprint density at radius 2 is 1.88 bits per heavy atom. The van der Waals surface area contributed by atoms with Gasteiger partial charge in [0.1, 0.15) is 0 Å². The Balaban J connectivity index is 2.75. The molecule has 0 fully saturated rings. The molecule has 17 heavy (non-hydrogen) atoms. The maximum atomic E-state index is 5.48. The summed E-state index contributed by atoms with van der Waals surface area (Å²) in [6.07, 6.45) is 0. The molecule has 0 aliphatic rings. The standard InChI is InChI=1S/C14H23NO2/c1-6-17-12-8-7-11(9-13(12)16-5)10-15-14(2,3)4/h7-9,15H,6,10H2,1-5H3. The van der Waals surface area contributed by atoms with Crippen LogP contribution in [0.3, 0.4) is 0 Å². The Kier molecular flexibility index (Phi) is 4.82. The molecule has 0 unspecified atom stereocenters. The van der Waals surface area contributed by atoms with Crippen molar-refractivity contribution in [3.8, 4) is 11.5 Å². The monoisotopic (exact) mass is 237 g/mol. The van der Waals surface area contributed by atoms with E-state index in [1.165, 1.54) is 5.56 Å². The molecular formula is C14H23NO2. The zero-order chi connectivity index (χ0) is 12.9. The molecule has 0 amide bonds. The zero-order valence-electron chi connectivity index (χ0n) is 11.5. The second-order valence-electron chi connectivity index (χ2n) is 5.02. The van der Waals surface area contributed by atoms with Gasteiger partial charge in [0, 0.05) is 12.1 Å². The summed E-state index contributed by atoms with van der Waals surface area (Å²) in [5.74, 6) is 1.59. The molecule has 3 heteroatoms. The van der Waals surface area contributed by atoms with E-state index in [-0.39, 0.29) is 5.54 Å². The molecule has 0 aliphatic carbocycles. The van der Waals surface area contributed by atoms with Gasteiger partial charge in [-0.25, -0.2) is 0 Å². The first-order valence-electron chi connectivity index (χ1n) is 6.01. The van der Waals surface area contributed by atoms with Gasteiger partial charge in [0.2, 0.25) is 0 Å². The van der Waals surface area contributed by atoms with E-state index in [1.807, 2.05) is 19.1 Å². The van der Waals surface area contributed by atoms with E-state index in [4.69, 9.17) is 9.47 Å². The van der Waals surface area contributed by atoms with Gasteiger partial charge in [0.25, 0.3) is 0 Å². The molecule has 1 aromatic rings. The highest BCUT2D eigenvalue weighted by atomic mass is 16.5. The molecule has 1 aromatic carbocycles. The van der Waals surface area contributed by atoms with Crippen molar-refractivity contribution < 1.29 is 9.47 Å². The largest absolute Gasteiger partial charge is 0.493 e. The van der Waals surface area contributed by atoms with E-state index in [1.54, 1.807) is 7.11 Å². The Morgan fingerprint density at radius 1 is 1.18 bits per heavy atom. The fourth-order valence-electron chi connectivity index (χ4n) is 1.46. The lowest BCUT2D eigenvalue weighted by atomic mass is 10.1. The fraction of sp³-hybridized carbons (Fsp3) is 0.571. The quantitative estimate of drug-likeness (QED) is 0.854. The molecule has 0 bridgehead atoms. The van der Waals surface area contributed by atoms with Gasteiger partial charge in [-0.1, -0.05) is 6.07 Å². The van der Waals surface area contributed by atoms with Crippen molar-refractivity contribution in [1.82, 2.24) is 5.32 Å². The number of nitrogens with one attached hydrogen (secondary N) is 1. The molecule has 0 saturated carbocycles. The first kappa shape index (κ1) is 13.8. The van der Waals surface area contributed by atoms with Crippen LogP contribution in [0.15, 0.2) is 18.2 Å². The van der Waals surface area contributed by atoms with E-state index in [0.717, 1.165) is 18.0 Å². The molecule has 0 atom stereocenters. The molecular weight excluding hydrogens is 214 g/mol. The lowest BCUT2D eigenvalue weighted by Crippen LogP contribution is -2.35. The van der Waals surface area contributed by atoms with Crippen LogP contribution in [0.25, 0.3) is 0 Å². The summed E-state index contributed by atoms with van der Waals surface area (Å²) < 4.78 is 10.8. The SMILES string of the molecule is CCOc1ccc(CNC(C)(C)C)cc1OC. The first-order valence-corrected chi connectivity index (χ1v) is 6.01. The summed E-state index contributed by atoms with van der Waals surface area (Å²) in [5.41, 5.74) is 1.31. The van der Waals surface area contributed by atoms with Crippen molar-refractivity contribution in [2.45, 2.75) is 39.8 Å². The van der Waals surface area contributed by atoms with E-state index in [0.29, 0.717) is 6.61 Å². The molecule has 0 aromatic heterocycles. The van der Waals surface area contributed by atoms with Crippen LogP contribution in [0.5, 0.6) is 11.5 Å². The smallest absolute Gasteiger partial charge is 0.161 e. The van der Waals surface area contributed by atoms with E-state index in [9.17, 15) is 0 Å². The number of hydrogen-bond acceptors (Lipinski definition) is 3. The van der Waals surface area contributed by atoms with Crippen LogP contribution in [0.2, 0.25) is 0 Å². The normalized spacial score (nSPS) is 11.4. The third-order valence-corrected chi connectivity index (χ3v) is 2.35. The number of rotatable bonds is 5. The van der Waals surface area contributed by atoms with Crippen molar-refractivity contribution in [3.05, 3.63) is 23.8 Å². The van der Waals surface area contributed by atoms with Crippen molar-refractivity contribution in [2.24, 2.45) is 0 Å².